The summed E-state index contributed by atoms with van der Waals surface area (Å²) in [6.45, 7) is 1.91. The first-order chi connectivity index (χ1) is 16.5. The van der Waals surface area contributed by atoms with Crippen LogP contribution < -0.4 is 10.7 Å². The van der Waals surface area contributed by atoms with E-state index in [0.29, 0.717) is 34.5 Å². The van der Waals surface area contributed by atoms with Crippen LogP contribution in [0.3, 0.4) is 0 Å². The molecule has 0 unspecified atom stereocenters. The topological polar surface area (TPSA) is 140 Å². The molecule has 2 N–H and O–H groups in total. The Hall–Kier alpha value is -2.44. The van der Waals surface area contributed by atoms with Crippen LogP contribution in [0.25, 0.3) is 0 Å². The van der Waals surface area contributed by atoms with E-state index in [1.54, 1.807) is 6.07 Å². The number of hydrogen-bond acceptors (Lipinski definition) is 8. The Balaban J connectivity index is 1.45. The van der Waals surface area contributed by atoms with Crippen molar-refractivity contribution in [1.82, 2.24) is 15.9 Å². The Kier molecular flexibility index (Phi) is 7.26. The predicted molar refractivity (Wildman–Crippen MR) is 131 cm³/mol. The van der Waals surface area contributed by atoms with Crippen LogP contribution >= 0.6 is 27.5 Å². The predicted octanol–water partition coefficient (Wildman–Crippen LogP) is 4.08. The molecule has 1 fully saturated rings. The zero-order valence-corrected chi connectivity index (χ0v) is 22.2. The molecule has 2 aliphatic rings. The van der Waals surface area contributed by atoms with Crippen LogP contribution in [0, 0.1) is 5.92 Å². The largest absolute Gasteiger partial charge is 0.435 e. The molecule has 13 heteroatoms. The first kappa shape index (κ1) is 25.6. The van der Waals surface area contributed by atoms with Gasteiger partial charge < -0.3 is 14.6 Å². The lowest BCUT2D eigenvalue weighted by molar-refractivity contribution is 0.0153. The SMILES string of the molecule is C[C@@H](CC1CCC2(CC1)OC(=O)NN=C2c1ccc(S(C)(=O)=O)cc1Br)NC(=O)c1cc(Cl)no1. The van der Waals surface area contributed by atoms with Crippen molar-refractivity contribution in [1.29, 1.82) is 0 Å². The van der Waals surface area contributed by atoms with E-state index in [1.807, 2.05) is 6.92 Å². The standard InChI is InChI=1S/C22H24BrClN4O6S/c1-12(25-20(29)17-11-18(24)28-34-17)9-13-5-7-22(8-6-13)19(26-27-21(30)33-22)15-4-3-14(10-16(15)23)35(2,31)32/h3-4,10-13H,5-9H2,1-2H3,(H,25,29)(H,27,30)/t12-,13?,22?/m0/s1. The number of carbonyl (C=O) groups is 2. The van der Waals surface area contributed by atoms with Crippen molar-refractivity contribution in [2.75, 3.05) is 6.26 Å². The van der Waals surface area contributed by atoms with Crippen molar-refractivity contribution in [2.24, 2.45) is 11.0 Å². The summed E-state index contributed by atoms with van der Waals surface area (Å²) in [5.41, 5.74) is 2.66. The molecule has 2 aromatic rings. The summed E-state index contributed by atoms with van der Waals surface area (Å²) in [6.07, 6.45) is 3.84. The van der Waals surface area contributed by atoms with Crippen molar-refractivity contribution in [3.05, 3.63) is 45.2 Å². The van der Waals surface area contributed by atoms with Crippen LogP contribution in [0.4, 0.5) is 4.79 Å². The van der Waals surface area contributed by atoms with Gasteiger partial charge in [-0.05, 0) is 57.1 Å². The molecule has 1 spiro atoms. The zero-order chi connectivity index (χ0) is 25.4. The highest BCUT2D eigenvalue weighted by Gasteiger charge is 2.47. The Labute approximate surface area is 215 Å². The van der Waals surface area contributed by atoms with Crippen molar-refractivity contribution >= 4 is 55.1 Å². The Bertz CT molecular complexity index is 1290. The average Bonchev–Trinajstić information content (AvgIpc) is 3.22. The number of halogens is 2. The third-order valence-electron chi connectivity index (χ3n) is 6.28. The van der Waals surface area contributed by atoms with Gasteiger partial charge in [-0.3, -0.25) is 4.79 Å². The van der Waals surface area contributed by atoms with Gasteiger partial charge >= 0.3 is 6.09 Å². The van der Waals surface area contributed by atoms with E-state index < -0.39 is 21.5 Å². The van der Waals surface area contributed by atoms with Gasteiger partial charge in [0.2, 0.25) is 5.76 Å². The van der Waals surface area contributed by atoms with Crippen molar-refractivity contribution < 1.29 is 27.3 Å². The molecular formula is C22H24BrClN4O6S. The highest BCUT2D eigenvalue weighted by Crippen LogP contribution is 2.41. The highest BCUT2D eigenvalue weighted by molar-refractivity contribution is 9.10. The highest BCUT2D eigenvalue weighted by atomic mass is 79.9. The van der Waals surface area contributed by atoms with Gasteiger partial charge in [0.05, 0.1) is 4.90 Å². The van der Waals surface area contributed by atoms with E-state index >= 15 is 0 Å². The van der Waals surface area contributed by atoms with Gasteiger partial charge in [0.25, 0.3) is 5.91 Å². The van der Waals surface area contributed by atoms with Crippen molar-refractivity contribution in [3.63, 3.8) is 0 Å². The van der Waals surface area contributed by atoms with Crippen LogP contribution in [0.5, 0.6) is 0 Å². The fraction of sp³-hybridized carbons (Fsp3) is 0.455. The van der Waals surface area contributed by atoms with Gasteiger partial charge in [-0.25, -0.2) is 18.6 Å². The minimum Gasteiger partial charge on any atom is -0.435 e. The fourth-order valence-corrected chi connectivity index (χ4v) is 6.11. The Morgan fingerprint density at radius 3 is 2.66 bits per heavy atom. The number of rotatable bonds is 6. The van der Waals surface area contributed by atoms with Crippen LogP contribution in [0.2, 0.25) is 5.15 Å². The average molecular weight is 588 g/mol. The maximum absolute atomic E-state index is 12.3. The van der Waals surface area contributed by atoms with Crippen LogP contribution in [0.1, 0.15) is 55.1 Å². The Morgan fingerprint density at radius 1 is 1.34 bits per heavy atom. The molecule has 2 heterocycles. The zero-order valence-electron chi connectivity index (χ0n) is 19.0. The molecule has 1 aromatic carbocycles. The number of hydrogen-bond donors (Lipinski definition) is 2. The Morgan fingerprint density at radius 2 is 2.06 bits per heavy atom. The molecule has 1 saturated carbocycles. The first-order valence-electron chi connectivity index (χ1n) is 11.0. The number of nitrogens with one attached hydrogen (secondary N) is 2. The maximum Gasteiger partial charge on any atom is 0.428 e. The first-order valence-corrected chi connectivity index (χ1v) is 14.0. The van der Waals surface area contributed by atoms with E-state index in [0.717, 1.165) is 25.5 Å². The normalized spacial score (nSPS) is 23.3. The summed E-state index contributed by atoms with van der Waals surface area (Å²) in [7, 11) is -3.38. The molecule has 35 heavy (non-hydrogen) atoms. The minimum absolute atomic E-state index is 0.0550. The lowest BCUT2D eigenvalue weighted by Crippen LogP contribution is -2.52. The molecule has 0 bridgehead atoms. The number of benzene rings is 1. The second-order valence-electron chi connectivity index (χ2n) is 8.94. The van der Waals surface area contributed by atoms with Crippen molar-refractivity contribution in [2.45, 2.75) is 55.6 Å². The molecular weight excluding hydrogens is 564 g/mol. The van der Waals surface area contributed by atoms with Crippen LogP contribution in [0.15, 0.2) is 43.3 Å². The number of ether oxygens (including phenoxy) is 1. The van der Waals surface area contributed by atoms with E-state index in [4.69, 9.17) is 20.9 Å². The minimum atomic E-state index is -3.38. The summed E-state index contributed by atoms with van der Waals surface area (Å²) in [6, 6.07) is 5.95. The molecule has 1 aromatic heterocycles. The van der Waals surface area contributed by atoms with Gasteiger partial charge in [0.15, 0.2) is 20.6 Å². The second-order valence-corrected chi connectivity index (χ2v) is 12.2. The number of amides is 2. The molecule has 10 nitrogen and oxygen atoms in total. The van der Waals surface area contributed by atoms with Crippen LogP contribution in [-0.4, -0.2) is 49.2 Å². The number of sulfone groups is 1. The number of aromatic nitrogens is 1. The maximum atomic E-state index is 12.3. The number of hydrazone groups is 1. The third kappa shape index (κ3) is 5.70. The van der Waals surface area contributed by atoms with E-state index in [2.05, 4.69) is 36.9 Å². The third-order valence-corrected chi connectivity index (χ3v) is 8.23. The van der Waals surface area contributed by atoms with Crippen LogP contribution in [-0.2, 0) is 14.6 Å². The fourth-order valence-electron chi connectivity index (χ4n) is 4.61. The van der Waals surface area contributed by atoms with Gasteiger partial charge in [-0.15, -0.1) is 0 Å². The van der Waals surface area contributed by atoms with E-state index in [-0.39, 0.29) is 27.8 Å². The molecule has 4 rings (SSSR count). The molecule has 0 radical (unpaired) electrons. The number of carbonyl (C=O) groups excluding carboxylic acids is 2. The van der Waals surface area contributed by atoms with Gasteiger partial charge in [0.1, 0.15) is 5.71 Å². The lowest BCUT2D eigenvalue weighted by Gasteiger charge is -2.42. The van der Waals surface area contributed by atoms with Crippen molar-refractivity contribution in [3.8, 4) is 0 Å². The molecule has 188 valence electrons. The van der Waals surface area contributed by atoms with E-state index in [1.165, 1.54) is 18.2 Å². The summed E-state index contributed by atoms with van der Waals surface area (Å²) >= 11 is 9.16. The second kappa shape index (κ2) is 9.90. The summed E-state index contributed by atoms with van der Waals surface area (Å²) in [5.74, 6) is -0.0345. The molecule has 1 aliphatic heterocycles. The summed E-state index contributed by atoms with van der Waals surface area (Å²) < 4.78 is 35.1. The van der Waals surface area contributed by atoms with Gasteiger partial charge in [-0.2, -0.15) is 5.10 Å². The lowest BCUT2D eigenvalue weighted by atomic mass is 9.73. The summed E-state index contributed by atoms with van der Waals surface area (Å²) in [5, 5.41) is 10.8. The smallest absolute Gasteiger partial charge is 0.428 e. The molecule has 1 atom stereocenters. The van der Waals surface area contributed by atoms with E-state index in [9.17, 15) is 18.0 Å². The van der Waals surface area contributed by atoms with Gasteiger partial charge in [-0.1, -0.05) is 38.8 Å². The quantitative estimate of drug-likeness (QED) is 0.519. The summed E-state index contributed by atoms with van der Waals surface area (Å²) in [4.78, 5) is 24.6. The monoisotopic (exact) mass is 586 g/mol. The van der Waals surface area contributed by atoms with Gasteiger partial charge in [0, 0.05) is 28.4 Å². The molecule has 2 amide bonds. The molecule has 1 aliphatic carbocycles. The molecule has 0 saturated heterocycles. The number of nitrogens with zero attached hydrogens (tertiary/aromatic N) is 2.